The van der Waals surface area contributed by atoms with E-state index >= 15 is 0 Å². The Kier molecular flexibility index (Phi) is 5.95. The van der Waals surface area contributed by atoms with E-state index in [0.717, 1.165) is 0 Å². The molecule has 0 amide bonds. The minimum atomic E-state index is -3.72. The van der Waals surface area contributed by atoms with Crippen molar-refractivity contribution in [1.82, 2.24) is 9.29 Å². The van der Waals surface area contributed by atoms with E-state index in [0.29, 0.717) is 13.0 Å². The number of hydrogen-bond donors (Lipinski definition) is 3. The van der Waals surface area contributed by atoms with Crippen molar-refractivity contribution in [2.75, 3.05) is 25.1 Å². The molecule has 0 aromatic carbocycles. The molecular weight excluding hydrogens is 292 g/mol. The highest BCUT2D eigenvalue weighted by molar-refractivity contribution is 7.89. The van der Waals surface area contributed by atoms with Gasteiger partial charge in [0, 0.05) is 19.3 Å². The molecule has 1 heterocycles. The van der Waals surface area contributed by atoms with Crippen molar-refractivity contribution in [2.24, 2.45) is 5.84 Å². The predicted molar refractivity (Wildman–Crippen MR) is 73.2 cm³/mol. The van der Waals surface area contributed by atoms with Crippen molar-refractivity contribution >= 4 is 27.4 Å². The van der Waals surface area contributed by atoms with Crippen LogP contribution in [0, 0.1) is 0 Å². The van der Waals surface area contributed by atoms with Gasteiger partial charge in [-0.05, 0) is 12.5 Å². The van der Waals surface area contributed by atoms with Gasteiger partial charge in [-0.25, -0.2) is 19.2 Å². The van der Waals surface area contributed by atoms with Crippen molar-refractivity contribution in [3.63, 3.8) is 0 Å². The highest BCUT2D eigenvalue weighted by Gasteiger charge is 2.24. The molecule has 0 bridgehead atoms. The highest BCUT2D eigenvalue weighted by atomic mass is 35.5. The zero-order chi connectivity index (χ0) is 14.5. The Balaban J connectivity index is 3.14. The Labute approximate surface area is 117 Å². The Hall–Kier alpha value is -0.930. The zero-order valence-corrected chi connectivity index (χ0v) is 12.1. The number of hydrazine groups is 1. The first-order valence-electron chi connectivity index (χ1n) is 5.70. The maximum absolute atomic E-state index is 12.3. The second-order valence-electron chi connectivity index (χ2n) is 3.77. The number of nitrogen functional groups attached to an aromatic ring is 1. The molecule has 19 heavy (non-hydrogen) atoms. The first-order valence-corrected chi connectivity index (χ1v) is 7.52. The fraction of sp³-hybridized carbons (Fsp3) is 0.500. The lowest BCUT2D eigenvalue weighted by Crippen LogP contribution is -2.34. The number of halogens is 1. The lowest BCUT2D eigenvalue weighted by Gasteiger charge is -2.20. The second kappa shape index (κ2) is 7.01. The van der Waals surface area contributed by atoms with Crippen molar-refractivity contribution in [3.05, 3.63) is 17.3 Å². The summed E-state index contributed by atoms with van der Waals surface area (Å²) < 4.78 is 25.8. The minimum absolute atomic E-state index is 0.0293. The summed E-state index contributed by atoms with van der Waals surface area (Å²) in [5.74, 6) is 5.37. The van der Waals surface area contributed by atoms with Gasteiger partial charge >= 0.3 is 0 Å². The van der Waals surface area contributed by atoms with Crippen LogP contribution in [0.15, 0.2) is 17.2 Å². The molecule has 0 atom stereocenters. The molecule has 0 radical (unpaired) electrons. The van der Waals surface area contributed by atoms with Crippen molar-refractivity contribution in [2.45, 2.75) is 18.2 Å². The van der Waals surface area contributed by atoms with Gasteiger partial charge in [-0.3, -0.25) is 0 Å². The van der Waals surface area contributed by atoms with Gasteiger partial charge in [0.1, 0.15) is 4.90 Å². The molecule has 108 valence electrons. The number of hydrogen-bond acceptors (Lipinski definition) is 6. The van der Waals surface area contributed by atoms with Crippen LogP contribution in [-0.2, 0) is 10.0 Å². The van der Waals surface area contributed by atoms with Crippen LogP contribution in [0.4, 0.5) is 5.82 Å². The van der Waals surface area contributed by atoms with Crippen LogP contribution in [0.5, 0.6) is 0 Å². The average Bonchev–Trinajstić information content (AvgIpc) is 2.38. The van der Waals surface area contributed by atoms with E-state index in [1.807, 2.05) is 6.92 Å². The van der Waals surface area contributed by atoms with E-state index in [1.54, 1.807) is 0 Å². The molecule has 9 heteroatoms. The lowest BCUT2D eigenvalue weighted by atomic mass is 10.5. The number of pyridine rings is 1. The molecule has 4 N–H and O–H groups in total. The molecule has 0 aliphatic carbocycles. The fourth-order valence-electron chi connectivity index (χ4n) is 1.53. The smallest absolute Gasteiger partial charge is 0.244 e. The summed E-state index contributed by atoms with van der Waals surface area (Å²) >= 11 is 5.86. The minimum Gasteiger partial charge on any atom is -0.395 e. The van der Waals surface area contributed by atoms with Crippen LogP contribution >= 0.6 is 11.6 Å². The van der Waals surface area contributed by atoms with E-state index < -0.39 is 10.0 Å². The van der Waals surface area contributed by atoms with Crippen LogP contribution in [0.25, 0.3) is 0 Å². The monoisotopic (exact) mass is 308 g/mol. The number of nitrogens with zero attached hydrogens (tertiary/aromatic N) is 2. The van der Waals surface area contributed by atoms with Gasteiger partial charge < -0.3 is 10.5 Å². The number of anilines is 1. The third-order valence-corrected chi connectivity index (χ3v) is 4.57. The second-order valence-corrected chi connectivity index (χ2v) is 6.12. The Morgan fingerprint density at radius 2 is 2.21 bits per heavy atom. The molecule has 0 aliphatic rings. The summed E-state index contributed by atoms with van der Waals surface area (Å²) in [5.41, 5.74) is 2.26. The van der Waals surface area contributed by atoms with Crippen LogP contribution in [0.2, 0.25) is 5.02 Å². The summed E-state index contributed by atoms with van der Waals surface area (Å²) in [7, 11) is -3.72. The van der Waals surface area contributed by atoms with E-state index in [-0.39, 0.29) is 28.9 Å². The first kappa shape index (κ1) is 16.1. The van der Waals surface area contributed by atoms with Gasteiger partial charge in [-0.15, -0.1) is 0 Å². The summed E-state index contributed by atoms with van der Waals surface area (Å²) in [6, 6.07) is 1.28. The first-order chi connectivity index (χ1) is 8.97. The van der Waals surface area contributed by atoms with Gasteiger partial charge in [0.15, 0.2) is 5.82 Å². The molecule has 0 spiro atoms. The fourth-order valence-corrected chi connectivity index (χ4v) is 3.31. The Morgan fingerprint density at radius 3 is 2.68 bits per heavy atom. The standard InChI is InChI=1S/C10H17ClN4O3S/c1-2-3-15(4-5-16)19(17,18)8-6-9(11)10(14-12)13-7-8/h6-7,16H,2-5,12H2,1H3,(H,13,14). The van der Waals surface area contributed by atoms with E-state index in [9.17, 15) is 8.42 Å². The van der Waals surface area contributed by atoms with E-state index in [2.05, 4.69) is 10.4 Å². The summed E-state index contributed by atoms with van der Waals surface area (Å²) in [6.07, 6.45) is 1.82. The Bertz CT molecular complexity index is 518. The highest BCUT2D eigenvalue weighted by Crippen LogP contribution is 2.23. The Morgan fingerprint density at radius 1 is 1.53 bits per heavy atom. The van der Waals surface area contributed by atoms with Gasteiger partial charge in [0.05, 0.1) is 11.6 Å². The largest absolute Gasteiger partial charge is 0.395 e. The van der Waals surface area contributed by atoms with E-state index in [1.165, 1.54) is 16.6 Å². The van der Waals surface area contributed by atoms with E-state index in [4.69, 9.17) is 22.6 Å². The zero-order valence-electron chi connectivity index (χ0n) is 10.5. The van der Waals surface area contributed by atoms with Crippen molar-refractivity contribution in [1.29, 1.82) is 0 Å². The van der Waals surface area contributed by atoms with Crippen molar-refractivity contribution < 1.29 is 13.5 Å². The number of aromatic nitrogens is 1. The third-order valence-electron chi connectivity index (χ3n) is 2.41. The summed E-state index contributed by atoms with van der Waals surface area (Å²) in [4.78, 5) is 3.80. The van der Waals surface area contributed by atoms with Gasteiger partial charge in [0.25, 0.3) is 0 Å². The van der Waals surface area contributed by atoms with Crippen LogP contribution < -0.4 is 11.3 Å². The molecule has 0 saturated carbocycles. The van der Waals surface area contributed by atoms with Crippen LogP contribution in [0.1, 0.15) is 13.3 Å². The molecule has 7 nitrogen and oxygen atoms in total. The molecule has 1 aromatic heterocycles. The van der Waals surface area contributed by atoms with Gasteiger partial charge in [0.2, 0.25) is 10.0 Å². The van der Waals surface area contributed by atoms with Gasteiger partial charge in [-0.1, -0.05) is 18.5 Å². The molecule has 0 unspecified atom stereocenters. The van der Waals surface area contributed by atoms with Crippen LogP contribution in [-0.4, -0.2) is 42.5 Å². The number of sulfonamides is 1. The number of aliphatic hydroxyl groups excluding tert-OH is 1. The predicted octanol–water partition coefficient (Wildman–Crippen LogP) is 0.414. The molecule has 0 fully saturated rings. The lowest BCUT2D eigenvalue weighted by molar-refractivity contribution is 0.253. The average molecular weight is 309 g/mol. The summed E-state index contributed by atoms with van der Waals surface area (Å²) in [6.45, 7) is 1.96. The maximum Gasteiger partial charge on any atom is 0.244 e. The summed E-state index contributed by atoms with van der Waals surface area (Å²) in [5, 5.41) is 9.05. The molecule has 1 rings (SSSR count). The van der Waals surface area contributed by atoms with Crippen molar-refractivity contribution in [3.8, 4) is 0 Å². The number of aliphatic hydroxyl groups is 1. The number of nitrogens with one attached hydrogen (secondary N) is 1. The molecule has 1 aromatic rings. The third kappa shape index (κ3) is 3.77. The normalized spacial score (nSPS) is 11.8. The molecule has 0 aliphatic heterocycles. The molecule has 0 saturated heterocycles. The number of rotatable bonds is 7. The number of nitrogens with two attached hydrogens (primary N) is 1. The molecular formula is C10H17ClN4O3S. The van der Waals surface area contributed by atoms with Crippen LogP contribution in [0.3, 0.4) is 0 Å². The maximum atomic E-state index is 12.3. The topological polar surface area (TPSA) is 109 Å². The SMILES string of the molecule is CCCN(CCO)S(=O)(=O)c1cnc(NN)c(Cl)c1. The quantitative estimate of drug-likeness (QED) is 0.497. The van der Waals surface area contributed by atoms with Gasteiger partial charge in [-0.2, -0.15) is 4.31 Å².